The fourth-order valence-electron chi connectivity index (χ4n) is 1.95. The maximum absolute atomic E-state index is 5.87. The van der Waals surface area contributed by atoms with Crippen LogP contribution in [-0.2, 0) is 13.0 Å². The number of halogens is 1. The lowest BCUT2D eigenvalue weighted by molar-refractivity contribution is 0.394. The van der Waals surface area contributed by atoms with Gasteiger partial charge in [0.05, 0.1) is 12.6 Å². The third-order valence-corrected chi connectivity index (χ3v) is 3.54. The van der Waals surface area contributed by atoms with Gasteiger partial charge < -0.3 is 8.94 Å². The second-order valence-corrected chi connectivity index (χ2v) is 5.45. The van der Waals surface area contributed by atoms with Crippen LogP contribution in [0.1, 0.15) is 37.5 Å². The van der Waals surface area contributed by atoms with Crippen LogP contribution in [0.5, 0.6) is 0 Å². The molecule has 1 aromatic carbocycles. The van der Waals surface area contributed by atoms with Crippen molar-refractivity contribution in [2.45, 2.75) is 32.9 Å². The van der Waals surface area contributed by atoms with Gasteiger partial charge in [-0.3, -0.25) is 5.32 Å². The number of hydrogen-bond acceptors (Lipinski definition) is 7. The molecule has 0 bridgehead atoms. The molecular weight excluding hydrogens is 318 g/mol. The first kappa shape index (κ1) is 15.6. The summed E-state index contributed by atoms with van der Waals surface area (Å²) in [5.74, 6) is 2.18. The van der Waals surface area contributed by atoms with E-state index in [9.17, 15) is 0 Å². The minimum Gasteiger partial charge on any atom is -0.424 e. The summed E-state index contributed by atoms with van der Waals surface area (Å²) in [5, 5.41) is 15.8. The molecule has 0 amide bonds. The van der Waals surface area contributed by atoms with Gasteiger partial charge in [0, 0.05) is 17.0 Å². The highest BCUT2D eigenvalue weighted by Crippen LogP contribution is 2.21. The summed E-state index contributed by atoms with van der Waals surface area (Å²) < 4.78 is 10.7. The maximum Gasteiger partial charge on any atom is 0.257 e. The lowest BCUT2D eigenvalue weighted by atomic mass is 10.2. The SMILES string of the molecule is CCc1nnc(CN[C@@H](C)c2noc(-c3ccc(Cl)cc3)n2)o1. The second kappa shape index (κ2) is 6.89. The fraction of sp³-hybridized carbons (Fsp3) is 0.333. The van der Waals surface area contributed by atoms with Crippen LogP contribution in [0.15, 0.2) is 33.2 Å². The Bertz CT molecular complexity index is 768. The number of rotatable bonds is 6. The fourth-order valence-corrected chi connectivity index (χ4v) is 2.08. The molecule has 3 rings (SSSR count). The van der Waals surface area contributed by atoms with Gasteiger partial charge in [-0.1, -0.05) is 23.7 Å². The Morgan fingerprint density at radius 1 is 1.17 bits per heavy atom. The molecule has 120 valence electrons. The van der Waals surface area contributed by atoms with E-state index in [-0.39, 0.29) is 6.04 Å². The second-order valence-electron chi connectivity index (χ2n) is 5.01. The van der Waals surface area contributed by atoms with Crippen molar-refractivity contribution in [3.05, 3.63) is 46.9 Å². The highest BCUT2D eigenvalue weighted by molar-refractivity contribution is 6.30. The molecule has 0 radical (unpaired) electrons. The third-order valence-electron chi connectivity index (χ3n) is 3.29. The Morgan fingerprint density at radius 2 is 1.91 bits per heavy atom. The topological polar surface area (TPSA) is 89.9 Å². The molecule has 0 fully saturated rings. The molecule has 0 saturated carbocycles. The number of aryl methyl sites for hydroxylation is 1. The van der Waals surface area contributed by atoms with Gasteiger partial charge in [0.25, 0.3) is 5.89 Å². The Balaban J connectivity index is 1.63. The van der Waals surface area contributed by atoms with Crippen LogP contribution in [0.4, 0.5) is 0 Å². The van der Waals surface area contributed by atoms with Crippen molar-refractivity contribution in [2.24, 2.45) is 0 Å². The number of nitrogens with one attached hydrogen (secondary N) is 1. The average molecular weight is 334 g/mol. The molecule has 0 unspecified atom stereocenters. The van der Waals surface area contributed by atoms with Gasteiger partial charge in [0.2, 0.25) is 11.8 Å². The van der Waals surface area contributed by atoms with Gasteiger partial charge in [0.1, 0.15) is 0 Å². The zero-order chi connectivity index (χ0) is 16.2. The molecule has 1 N–H and O–H groups in total. The minimum atomic E-state index is -0.114. The molecule has 2 heterocycles. The van der Waals surface area contributed by atoms with Gasteiger partial charge >= 0.3 is 0 Å². The molecule has 7 nitrogen and oxygen atoms in total. The summed E-state index contributed by atoms with van der Waals surface area (Å²) >= 11 is 5.87. The predicted octanol–water partition coefficient (Wildman–Crippen LogP) is 3.19. The molecular formula is C15H16ClN5O2. The van der Waals surface area contributed by atoms with E-state index >= 15 is 0 Å². The maximum atomic E-state index is 5.87. The first-order chi connectivity index (χ1) is 11.2. The van der Waals surface area contributed by atoms with Crippen LogP contribution in [0.2, 0.25) is 5.02 Å². The summed E-state index contributed by atoms with van der Waals surface area (Å²) in [5.41, 5.74) is 0.824. The van der Waals surface area contributed by atoms with Crippen LogP contribution in [-0.4, -0.2) is 20.3 Å². The average Bonchev–Trinajstić information content (AvgIpc) is 3.22. The van der Waals surface area contributed by atoms with E-state index in [1.807, 2.05) is 26.0 Å². The Labute approximate surface area is 138 Å². The molecule has 0 aliphatic carbocycles. The molecule has 8 heteroatoms. The molecule has 0 spiro atoms. The van der Waals surface area contributed by atoms with Crippen molar-refractivity contribution in [1.82, 2.24) is 25.7 Å². The van der Waals surface area contributed by atoms with E-state index in [0.29, 0.717) is 35.1 Å². The molecule has 0 aliphatic heterocycles. The predicted molar refractivity (Wildman–Crippen MR) is 83.7 cm³/mol. The molecule has 0 saturated heterocycles. The normalized spacial score (nSPS) is 12.5. The largest absolute Gasteiger partial charge is 0.424 e. The Kier molecular flexibility index (Phi) is 4.68. The zero-order valence-corrected chi connectivity index (χ0v) is 13.5. The number of nitrogens with zero attached hydrogens (tertiary/aromatic N) is 4. The number of aromatic nitrogens is 4. The minimum absolute atomic E-state index is 0.114. The molecule has 1 atom stereocenters. The van der Waals surface area contributed by atoms with Crippen LogP contribution >= 0.6 is 11.6 Å². The summed E-state index contributed by atoms with van der Waals surface area (Å²) in [6.45, 7) is 4.34. The van der Waals surface area contributed by atoms with E-state index in [2.05, 4.69) is 25.7 Å². The summed E-state index contributed by atoms with van der Waals surface area (Å²) in [6.07, 6.45) is 0.720. The van der Waals surface area contributed by atoms with E-state index in [1.54, 1.807) is 12.1 Å². The van der Waals surface area contributed by atoms with Crippen molar-refractivity contribution in [1.29, 1.82) is 0 Å². The summed E-state index contributed by atoms with van der Waals surface area (Å²) in [7, 11) is 0. The zero-order valence-electron chi connectivity index (χ0n) is 12.8. The van der Waals surface area contributed by atoms with Gasteiger partial charge in [0.15, 0.2) is 5.82 Å². The van der Waals surface area contributed by atoms with Crippen LogP contribution in [0, 0.1) is 0 Å². The lowest BCUT2D eigenvalue weighted by Crippen LogP contribution is -2.19. The van der Waals surface area contributed by atoms with Gasteiger partial charge in [-0.15, -0.1) is 10.2 Å². The van der Waals surface area contributed by atoms with E-state index in [0.717, 1.165) is 12.0 Å². The smallest absolute Gasteiger partial charge is 0.257 e. The van der Waals surface area contributed by atoms with Crippen molar-refractivity contribution >= 4 is 11.6 Å². The van der Waals surface area contributed by atoms with E-state index in [4.69, 9.17) is 20.5 Å². The standard InChI is InChI=1S/C15H16ClN5O2/c1-3-12-19-20-13(22-12)8-17-9(2)14-18-15(23-21-14)10-4-6-11(16)7-5-10/h4-7,9,17H,3,8H2,1-2H3/t9-/m0/s1. The third kappa shape index (κ3) is 3.75. The summed E-state index contributed by atoms with van der Waals surface area (Å²) in [4.78, 5) is 4.39. The monoisotopic (exact) mass is 333 g/mol. The van der Waals surface area contributed by atoms with Crippen LogP contribution in [0.3, 0.4) is 0 Å². The molecule has 23 heavy (non-hydrogen) atoms. The highest BCUT2D eigenvalue weighted by atomic mass is 35.5. The van der Waals surface area contributed by atoms with E-state index in [1.165, 1.54) is 0 Å². The van der Waals surface area contributed by atoms with Crippen molar-refractivity contribution in [3.8, 4) is 11.5 Å². The van der Waals surface area contributed by atoms with Gasteiger partial charge in [-0.2, -0.15) is 4.98 Å². The van der Waals surface area contributed by atoms with Crippen molar-refractivity contribution < 1.29 is 8.94 Å². The summed E-state index contributed by atoms with van der Waals surface area (Å²) in [6, 6.07) is 7.12. The molecule has 2 aromatic heterocycles. The van der Waals surface area contributed by atoms with Crippen LogP contribution < -0.4 is 5.32 Å². The number of hydrogen-bond donors (Lipinski definition) is 1. The first-order valence-corrected chi connectivity index (χ1v) is 7.67. The molecule has 3 aromatic rings. The van der Waals surface area contributed by atoms with Crippen molar-refractivity contribution in [3.63, 3.8) is 0 Å². The Morgan fingerprint density at radius 3 is 2.61 bits per heavy atom. The van der Waals surface area contributed by atoms with Gasteiger partial charge in [-0.25, -0.2) is 0 Å². The lowest BCUT2D eigenvalue weighted by Gasteiger charge is -2.06. The first-order valence-electron chi connectivity index (χ1n) is 7.30. The van der Waals surface area contributed by atoms with E-state index < -0.39 is 0 Å². The Hall–Kier alpha value is -2.25. The highest BCUT2D eigenvalue weighted by Gasteiger charge is 2.15. The number of benzene rings is 1. The quantitative estimate of drug-likeness (QED) is 0.740. The van der Waals surface area contributed by atoms with Gasteiger partial charge in [-0.05, 0) is 31.2 Å². The molecule has 0 aliphatic rings. The van der Waals surface area contributed by atoms with Crippen LogP contribution in [0.25, 0.3) is 11.5 Å². The van der Waals surface area contributed by atoms with Crippen molar-refractivity contribution in [2.75, 3.05) is 0 Å².